The van der Waals surface area contributed by atoms with Gasteiger partial charge in [-0.2, -0.15) is 0 Å². The van der Waals surface area contributed by atoms with E-state index in [1.54, 1.807) is 50.6 Å². The van der Waals surface area contributed by atoms with Crippen LogP contribution in [0.5, 0.6) is 5.75 Å². The van der Waals surface area contributed by atoms with Crippen LogP contribution in [0.25, 0.3) is 16.7 Å². The second-order valence-corrected chi connectivity index (χ2v) is 6.29. The lowest BCUT2D eigenvalue weighted by Crippen LogP contribution is -2.15. The molecule has 3 aromatic rings. The van der Waals surface area contributed by atoms with E-state index in [1.807, 2.05) is 4.57 Å². The minimum Gasteiger partial charge on any atom is -0.507 e. The van der Waals surface area contributed by atoms with Gasteiger partial charge in [-0.1, -0.05) is 12.1 Å². The van der Waals surface area contributed by atoms with Gasteiger partial charge in [0.1, 0.15) is 17.3 Å². The average Bonchev–Trinajstić information content (AvgIpc) is 3.07. The van der Waals surface area contributed by atoms with Gasteiger partial charge in [0.05, 0.1) is 19.2 Å². The number of hydrogen-bond donors (Lipinski definition) is 1. The standard InChI is InChI=1S/C22H20FNO5/c1-3-29-22(27)21(26)11-20(25)18-13-24(12-14-4-6-15(23)7-5-14)19-10-16(28-2)8-9-17(18)19/h4-11,13,25H,3,12H2,1-2H3. The number of ether oxygens (including phenoxy) is 2. The highest BCUT2D eigenvalue weighted by Crippen LogP contribution is 2.30. The van der Waals surface area contributed by atoms with E-state index in [0.29, 0.717) is 23.2 Å². The number of benzene rings is 2. The van der Waals surface area contributed by atoms with Gasteiger partial charge in [-0.25, -0.2) is 9.18 Å². The Morgan fingerprint density at radius 2 is 1.90 bits per heavy atom. The Balaban J connectivity index is 2.04. The van der Waals surface area contributed by atoms with Crippen molar-refractivity contribution in [1.29, 1.82) is 0 Å². The van der Waals surface area contributed by atoms with Gasteiger partial charge in [0, 0.05) is 35.8 Å². The van der Waals surface area contributed by atoms with E-state index in [1.165, 1.54) is 12.1 Å². The Morgan fingerprint density at radius 3 is 2.55 bits per heavy atom. The molecule has 1 heterocycles. The molecule has 0 aliphatic carbocycles. The third kappa shape index (κ3) is 4.45. The summed E-state index contributed by atoms with van der Waals surface area (Å²) in [5.41, 5.74) is 1.97. The van der Waals surface area contributed by atoms with Crippen LogP contribution < -0.4 is 4.74 Å². The molecule has 0 aliphatic heterocycles. The number of aliphatic hydroxyl groups is 1. The van der Waals surface area contributed by atoms with Crippen LogP contribution >= 0.6 is 0 Å². The van der Waals surface area contributed by atoms with Crippen LogP contribution in [0.1, 0.15) is 18.1 Å². The van der Waals surface area contributed by atoms with Crippen LogP contribution in [0.2, 0.25) is 0 Å². The SMILES string of the molecule is CCOC(=O)C(=O)C=C(O)c1cn(Cc2ccc(F)cc2)c2cc(OC)ccc12. The number of esters is 1. The lowest BCUT2D eigenvalue weighted by atomic mass is 10.1. The number of carbonyl (C=O) groups is 2. The molecule has 0 saturated heterocycles. The number of ketones is 1. The van der Waals surface area contributed by atoms with Crippen molar-refractivity contribution in [1.82, 2.24) is 4.57 Å². The van der Waals surface area contributed by atoms with Crippen LogP contribution in [0.3, 0.4) is 0 Å². The van der Waals surface area contributed by atoms with Crippen molar-refractivity contribution in [3.05, 3.63) is 71.7 Å². The summed E-state index contributed by atoms with van der Waals surface area (Å²) in [4.78, 5) is 23.5. The van der Waals surface area contributed by atoms with Crippen LogP contribution in [0.15, 0.2) is 54.7 Å². The minimum atomic E-state index is -1.03. The van der Waals surface area contributed by atoms with Gasteiger partial charge >= 0.3 is 5.97 Å². The van der Waals surface area contributed by atoms with Crippen molar-refractivity contribution in [2.24, 2.45) is 0 Å². The topological polar surface area (TPSA) is 77.8 Å². The van der Waals surface area contributed by atoms with Crippen molar-refractivity contribution in [2.45, 2.75) is 13.5 Å². The summed E-state index contributed by atoms with van der Waals surface area (Å²) in [5, 5.41) is 11.2. The Bertz CT molecular complexity index is 1080. The largest absolute Gasteiger partial charge is 0.507 e. The van der Waals surface area contributed by atoms with Crippen molar-refractivity contribution in [3.63, 3.8) is 0 Å². The third-order valence-corrected chi connectivity index (χ3v) is 4.38. The highest BCUT2D eigenvalue weighted by molar-refractivity contribution is 6.39. The second-order valence-electron chi connectivity index (χ2n) is 6.29. The quantitative estimate of drug-likeness (QED) is 0.283. The Hall–Kier alpha value is -3.61. The monoisotopic (exact) mass is 397 g/mol. The lowest BCUT2D eigenvalue weighted by Gasteiger charge is -2.07. The Morgan fingerprint density at radius 1 is 1.17 bits per heavy atom. The molecule has 0 saturated carbocycles. The fourth-order valence-corrected chi connectivity index (χ4v) is 2.98. The summed E-state index contributed by atoms with van der Waals surface area (Å²) in [5.74, 6) is -2.04. The smallest absolute Gasteiger partial charge is 0.379 e. The molecule has 0 amide bonds. The number of fused-ring (bicyclic) bond motifs is 1. The maximum atomic E-state index is 13.2. The normalized spacial score (nSPS) is 11.5. The number of carbonyl (C=O) groups excluding carboxylic acids is 2. The Labute approximate surface area is 166 Å². The van der Waals surface area contributed by atoms with Crippen LogP contribution in [-0.4, -0.2) is 35.1 Å². The second kappa shape index (κ2) is 8.60. The van der Waals surface area contributed by atoms with E-state index in [9.17, 15) is 19.1 Å². The first-order chi connectivity index (χ1) is 13.9. The fourth-order valence-electron chi connectivity index (χ4n) is 2.98. The molecule has 0 atom stereocenters. The number of aliphatic hydroxyl groups excluding tert-OH is 1. The van der Waals surface area contributed by atoms with E-state index >= 15 is 0 Å². The first kappa shape index (κ1) is 20.1. The molecule has 0 spiro atoms. The van der Waals surface area contributed by atoms with Gasteiger partial charge in [0.2, 0.25) is 0 Å². The van der Waals surface area contributed by atoms with Crippen LogP contribution in [0.4, 0.5) is 4.39 Å². The van der Waals surface area contributed by atoms with E-state index < -0.39 is 11.8 Å². The summed E-state index contributed by atoms with van der Waals surface area (Å²) in [6, 6.07) is 11.4. The van der Waals surface area contributed by atoms with Gasteiger partial charge in [0.25, 0.3) is 5.78 Å². The van der Waals surface area contributed by atoms with Crippen LogP contribution in [0, 0.1) is 5.82 Å². The first-order valence-corrected chi connectivity index (χ1v) is 8.96. The highest BCUT2D eigenvalue weighted by Gasteiger charge is 2.17. The molecule has 150 valence electrons. The molecule has 2 aromatic carbocycles. The van der Waals surface area contributed by atoms with Gasteiger partial charge in [-0.15, -0.1) is 0 Å². The number of aromatic nitrogens is 1. The van der Waals surface area contributed by atoms with Gasteiger partial charge in [-0.3, -0.25) is 4.79 Å². The molecule has 7 heteroatoms. The van der Waals surface area contributed by atoms with Crippen molar-refractivity contribution in [2.75, 3.05) is 13.7 Å². The maximum Gasteiger partial charge on any atom is 0.379 e. The average molecular weight is 397 g/mol. The lowest BCUT2D eigenvalue weighted by molar-refractivity contribution is -0.151. The molecule has 3 rings (SSSR count). The Kier molecular flexibility index (Phi) is 5.97. The van der Waals surface area contributed by atoms with Gasteiger partial charge in [0.15, 0.2) is 0 Å². The highest BCUT2D eigenvalue weighted by atomic mass is 19.1. The van der Waals surface area contributed by atoms with E-state index in [2.05, 4.69) is 4.74 Å². The van der Waals surface area contributed by atoms with E-state index in [0.717, 1.165) is 17.2 Å². The molecule has 0 unspecified atom stereocenters. The number of methoxy groups -OCH3 is 1. The van der Waals surface area contributed by atoms with Gasteiger partial charge in [-0.05, 0) is 36.8 Å². The zero-order valence-electron chi connectivity index (χ0n) is 16.0. The summed E-state index contributed by atoms with van der Waals surface area (Å²) >= 11 is 0. The molecule has 6 nitrogen and oxygen atoms in total. The number of hydrogen-bond acceptors (Lipinski definition) is 5. The maximum absolute atomic E-state index is 13.2. The van der Waals surface area contributed by atoms with E-state index in [-0.39, 0.29) is 18.2 Å². The molecular formula is C22H20FNO5. The zero-order valence-corrected chi connectivity index (χ0v) is 16.0. The fraction of sp³-hybridized carbons (Fsp3) is 0.182. The minimum absolute atomic E-state index is 0.0654. The van der Waals surface area contributed by atoms with Crippen molar-refractivity contribution in [3.8, 4) is 5.75 Å². The summed E-state index contributed by atoms with van der Waals surface area (Å²) in [6.45, 7) is 2.06. The number of halogens is 1. The zero-order chi connectivity index (χ0) is 21.0. The summed E-state index contributed by atoms with van der Waals surface area (Å²) in [6.07, 6.45) is 2.51. The molecule has 1 N–H and O–H groups in total. The van der Waals surface area contributed by atoms with Crippen molar-refractivity contribution < 1.29 is 28.6 Å². The molecule has 0 fully saturated rings. The summed E-state index contributed by atoms with van der Waals surface area (Å²) < 4.78 is 25.0. The number of nitrogens with zero attached hydrogens (tertiary/aromatic N) is 1. The molecular weight excluding hydrogens is 377 g/mol. The van der Waals surface area contributed by atoms with E-state index in [4.69, 9.17) is 4.74 Å². The molecule has 0 aliphatic rings. The molecule has 1 aromatic heterocycles. The molecule has 29 heavy (non-hydrogen) atoms. The summed E-state index contributed by atoms with van der Waals surface area (Å²) in [7, 11) is 1.55. The number of rotatable bonds is 7. The predicted octanol–water partition coefficient (Wildman–Crippen LogP) is 3.87. The predicted molar refractivity (Wildman–Crippen MR) is 106 cm³/mol. The third-order valence-electron chi connectivity index (χ3n) is 4.38. The van der Waals surface area contributed by atoms with Crippen molar-refractivity contribution >= 4 is 28.4 Å². The first-order valence-electron chi connectivity index (χ1n) is 8.96. The van der Waals surface area contributed by atoms with Crippen LogP contribution in [-0.2, 0) is 20.9 Å². The molecule has 0 bridgehead atoms. The van der Waals surface area contributed by atoms with Gasteiger partial charge < -0.3 is 19.1 Å². The molecule has 0 radical (unpaired) electrons.